The highest BCUT2D eigenvalue weighted by molar-refractivity contribution is 9.10. The molecule has 0 unspecified atom stereocenters. The first-order valence-electron chi connectivity index (χ1n) is 5.44. The summed E-state index contributed by atoms with van der Waals surface area (Å²) in [5.74, 6) is 0.889. The van der Waals surface area contributed by atoms with Crippen molar-refractivity contribution in [3.05, 3.63) is 33.0 Å². The van der Waals surface area contributed by atoms with E-state index in [0.29, 0.717) is 10.8 Å². The molecule has 0 bridgehead atoms. The molecule has 1 heterocycles. The van der Waals surface area contributed by atoms with Crippen LogP contribution in [0, 0.1) is 11.7 Å². The second-order valence-corrected chi connectivity index (χ2v) is 5.52. The molecule has 0 amide bonds. The van der Waals surface area contributed by atoms with Crippen LogP contribution in [0.25, 0.3) is 11.4 Å². The van der Waals surface area contributed by atoms with E-state index in [1.54, 1.807) is 0 Å². The highest BCUT2D eigenvalue weighted by Gasteiger charge is 2.11. The van der Waals surface area contributed by atoms with Gasteiger partial charge >= 0.3 is 0 Å². The number of hydrogen-bond acceptors (Lipinski definition) is 2. The third-order valence-corrected chi connectivity index (χ3v) is 3.81. The SMILES string of the molecule is Cc1cc(-c2n[nH]c(=S)n2C(C)C)ccc1Br. The zero-order valence-electron chi connectivity index (χ0n) is 9.99. The van der Waals surface area contributed by atoms with Crippen molar-refractivity contribution in [1.29, 1.82) is 0 Å². The predicted molar refractivity (Wildman–Crippen MR) is 75.7 cm³/mol. The van der Waals surface area contributed by atoms with E-state index in [9.17, 15) is 0 Å². The fourth-order valence-corrected chi connectivity index (χ4v) is 2.36. The summed E-state index contributed by atoms with van der Waals surface area (Å²) in [5.41, 5.74) is 2.26. The lowest BCUT2D eigenvalue weighted by Gasteiger charge is -2.11. The molecule has 0 radical (unpaired) electrons. The van der Waals surface area contributed by atoms with Crippen molar-refractivity contribution >= 4 is 28.1 Å². The summed E-state index contributed by atoms with van der Waals surface area (Å²) in [4.78, 5) is 0. The molecule has 0 saturated heterocycles. The fraction of sp³-hybridized carbons (Fsp3) is 0.333. The molecule has 0 aliphatic heterocycles. The molecular formula is C12H14BrN3S. The Bertz CT molecular complexity index is 598. The Morgan fingerprint density at radius 1 is 1.41 bits per heavy atom. The van der Waals surface area contributed by atoms with Gasteiger partial charge in [-0.1, -0.05) is 22.0 Å². The molecule has 90 valence electrons. The summed E-state index contributed by atoms with van der Waals surface area (Å²) in [6.45, 7) is 6.26. The molecule has 0 saturated carbocycles. The maximum absolute atomic E-state index is 5.24. The third kappa shape index (κ3) is 2.35. The standard InChI is InChI=1S/C12H14BrN3S/c1-7(2)16-11(14-15-12(16)17)9-4-5-10(13)8(3)6-9/h4-7H,1-3H3,(H,15,17). The van der Waals surface area contributed by atoms with E-state index in [2.05, 4.69) is 53.0 Å². The van der Waals surface area contributed by atoms with Crippen LogP contribution in [0.15, 0.2) is 22.7 Å². The van der Waals surface area contributed by atoms with Crippen LogP contribution in [0.4, 0.5) is 0 Å². The molecule has 1 aromatic heterocycles. The average molecular weight is 312 g/mol. The number of nitrogens with zero attached hydrogens (tertiary/aromatic N) is 2. The molecule has 0 atom stereocenters. The summed E-state index contributed by atoms with van der Waals surface area (Å²) in [7, 11) is 0. The first-order chi connectivity index (χ1) is 8.00. The fourth-order valence-electron chi connectivity index (χ4n) is 1.77. The molecule has 3 nitrogen and oxygen atoms in total. The van der Waals surface area contributed by atoms with E-state index in [4.69, 9.17) is 12.2 Å². The van der Waals surface area contributed by atoms with Crippen molar-refractivity contribution < 1.29 is 0 Å². The van der Waals surface area contributed by atoms with Crippen molar-refractivity contribution in [2.75, 3.05) is 0 Å². The number of hydrogen-bond donors (Lipinski definition) is 1. The molecule has 0 aliphatic carbocycles. The Morgan fingerprint density at radius 2 is 2.12 bits per heavy atom. The van der Waals surface area contributed by atoms with Gasteiger partial charge in [0.1, 0.15) is 0 Å². The molecule has 2 rings (SSSR count). The number of nitrogens with one attached hydrogen (secondary N) is 1. The van der Waals surface area contributed by atoms with Gasteiger partial charge in [0.2, 0.25) is 0 Å². The normalized spacial score (nSPS) is 11.1. The lowest BCUT2D eigenvalue weighted by atomic mass is 10.1. The predicted octanol–water partition coefficient (Wildman–Crippen LogP) is 4.26. The van der Waals surface area contributed by atoms with Crippen LogP contribution in [0.1, 0.15) is 25.5 Å². The topological polar surface area (TPSA) is 33.6 Å². The molecular weight excluding hydrogens is 298 g/mol. The zero-order valence-corrected chi connectivity index (χ0v) is 12.4. The van der Waals surface area contributed by atoms with Crippen LogP contribution in [-0.4, -0.2) is 14.8 Å². The van der Waals surface area contributed by atoms with Gasteiger partial charge in [0.15, 0.2) is 10.6 Å². The number of halogens is 1. The maximum atomic E-state index is 5.24. The van der Waals surface area contributed by atoms with Gasteiger partial charge in [-0.25, -0.2) is 0 Å². The lowest BCUT2D eigenvalue weighted by Crippen LogP contribution is -2.03. The van der Waals surface area contributed by atoms with Crippen LogP contribution in [-0.2, 0) is 0 Å². The van der Waals surface area contributed by atoms with Crippen LogP contribution >= 0.6 is 28.1 Å². The second kappa shape index (κ2) is 4.74. The molecule has 5 heteroatoms. The number of H-pyrrole nitrogens is 1. The van der Waals surface area contributed by atoms with Gasteiger partial charge in [-0.15, -0.1) is 0 Å². The van der Waals surface area contributed by atoms with Crippen molar-refractivity contribution in [1.82, 2.24) is 14.8 Å². The summed E-state index contributed by atoms with van der Waals surface area (Å²) < 4.78 is 3.79. The first kappa shape index (κ1) is 12.5. The molecule has 1 N–H and O–H groups in total. The Morgan fingerprint density at radius 3 is 2.71 bits per heavy atom. The van der Waals surface area contributed by atoms with Gasteiger partial charge in [0.25, 0.3) is 0 Å². The lowest BCUT2D eigenvalue weighted by molar-refractivity contribution is 0.597. The summed E-state index contributed by atoms with van der Waals surface area (Å²) >= 11 is 8.74. The Balaban J connectivity index is 2.61. The molecule has 1 aromatic carbocycles. The summed E-state index contributed by atoms with van der Waals surface area (Å²) in [5, 5.41) is 7.16. The monoisotopic (exact) mass is 311 g/mol. The van der Waals surface area contributed by atoms with Crippen LogP contribution < -0.4 is 0 Å². The van der Waals surface area contributed by atoms with Crippen molar-refractivity contribution in [2.45, 2.75) is 26.8 Å². The second-order valence-electron chi connectivity index (χ2n) is 4.28. The minimum atomic E-state index is 0.292. The van der Waals surface area contributed by atoms with E-state index < -0.39 is 0 Å². The Hall–Kier alpha value is -0.940. The van der Waals surface area contributed by atoms with Gasteiger partial charge in [0, 0.05) is 16.1 Å². The first-order valence-corrected chi connectivity index (χ1v) is 6.64. The van der Waals surface area contributed by atoms with E-state index in [1.807, 2.05) is 16.7 Å². The number of aryl methyl sites for hydroxylation is 1. The van der Waals surface area contributed by atoms with Gasteiger partial charge in [-0.2, -0.15) is 5.10 Å². The highest BCUT2D eigenvalue weighted by Crippen LogP contribution is 2.25. The van der Waals surface area contributed by atoms with E-state index >= 15 is 0 Å². The zero-order chi connectivity index (χ0) is 12.6. The van der Waals surface area contributed by atoms with Crippen LogP contribution in [0.5, 0.6) is 0 Å². The van der Waals surface area contributed by atoms with Gasteiger partial charge in [0.05, 0.1) is 0 Å². The number of benzene rings is 1. The molecule has 0 spiro atoms. The van der Waals surface area contributed by atoms with E-state index in [-0.39, 0.29) is 0 Å². The van der Waals surface area contributed by atoms with Crippen LogP contribution in [0.3, 0.4) is 0 Å². The van der Waals surface area contributed by atoms with E-state index in [1.165, 1.54) is 5.56 Å². The largest absolute Gasteiger partial charge is 0.298 e. The van der Waals surface area contributed by atoms with Crippen molar-refractivity contribution in [2.24, 2.45) is 0 Å². The molecule has 2 aromatic rings. The van der Waals surface area contributed by atoms with Crippen LogP contribution in [0.2, 0.25) is 0 Å². The van der Waals surface area contributed by atoms with Crippen molar-refractivity contribution in [3.8, 4) is 11.4 Å². The molecule has 0 aliphatic rings. The third-order valence-electron chi connectivity index (χ3n) is 2.64. The number of aromatic nitrogens is 3. The van der Waals surface area contributed by atoms with Crippen molar-refractivity contribution in [3.63, 3.8) is 0 Å². The minimum absolute atomic E-state index is 0.292. The van der Waals surface area contributed by atoms with Gasteiger partial charge < -0.3 is 0 Å². The average Bonchev–Trinajstić information content (AvgIpc) is 2.64. The maximum Gasteiger partial charge on any atom is 0.195 e. The van der Waals surface area contributed by atoms with Gasteiger partial charge in [-0.3, -0.25) is 9.67 Å². The smallest absolute Gasteiger partial charge is 0.195 e. The summed E-state index contributed by atoms with van der Waals surface area (Å²) in [6.07, 6.45) is 0. The Kier molecular flexibility index (Phi) is 3.49. The number of aromatic amines is 1. The van der Waals surface area contributed by atoms with Gasteiger partial charge in [-0.05, 0) is 50.7 Å². The Labute approximate surface area is 114 Å². The van der Waals surface area contributed by atoms with E-state index in [0.717, 1.165) is 15.9 Å². The molecule has 0 fully saturated rings. The summed E-state index contributed by atoms with van der Waals surface area (Å²) in [6, 6.07) is 6.47. The highest BCUT2D eigenvalue weighted by atomic mass is 79.9. The minimum Gasteiger partial charge on any atom is -0.298 e. The quantitative estimate of drug-likeness (QED) is 0.841. The number of rotatable bonds is 2. The molecule has 17 heavy (non-hydrogen) atoms.